The molecule has 0 fully saturated rings. The lowest BCUT2D eigenvalue weighted by atomic mass is 9.87. The summed E-state index contributed by atoms with van der Waals surface area (Å²) < 4.78 is 35.5. The number of ether oxygens (including phenoxy) is 2. The van der Waals surface area contributed by atoms with E-state index >= 15 is 0 Å². The number of hydrogen-bond acceptors (Lipinski definition) is 5. The standard InChI is InChI=1S/C33H29ClF2N2O4/c1-41-32(40)16-20-9-12-26-22-6-4-5-21(17-22)25(7-2-3-8-31(39)38-29(26)15-20)28-13-10-23(19-37-28)27-18-24(34)11-14-30(27)42-33(35)36/h4-6,9-15,17-19,25,33H,2-3,7-8,16H2,1H3,(H,38,39). The lowest BCUT2D eigenvalue weighted by Gasteiger charge is -2.21. The summed E-state index contributed by atoms with van der Waals surface area (Å²) in [4.78, 5) is 29.4. The van der Waals surface area contributed by atoms with Crippen LogP contribution in [0.15, 0.2) is 79.0 Å². The zero-order valence-corrected chi connectivity index (χ0v) is 23.7. The zero-order chi connectivity index (χ0) is 29.6. The maximum atomic E-state index is 13.0. The number of methoxy groups -OCH3 is 1. The normalized spacial score (nSPS) is 15.2. The summed E-state index contributed by atoms with van der Waals surface area (Å²) in [5, 5.41) is 3.43. The van der Waals surface area contributed by atoms with Crippen LogP contribution in [0.3, 0.4) is 0 Å². The summed E-state index contributed by atoms with van der Waals surface area (Å²) >= 11 is 6.15. The lowest BCUT2D eigenvalue weighted by molar-refractivity contribution is -0.139. The molecule has 4 aromatic rings. The fraction of sp³-hybridized carbons (Fsp3) is 0.242. The maximum Gasteiger partial charge on any atom is 0.387 e. The summed E-state index contributed by atoms with van der Waals surface area (Å²) in [6.07, 6.45) is 4.36. The molecule has 9 heteroatoms. The number of nitrogens with one attached hydrogen (secondary N) is 1. The molecule has 1 N–H and O–H groups in total. The minimum absolute atomic E-state index is 0.0225. The van der Waals surface area contributed by atoms with Crippen molar-refractivity contribution in [3.63, 3.8) is 0 Å². The van der Waals surface area contributed by atoms with Crippen molar-refractivity contribution in [2.45, 2.75) is 44.6 Å². The molecule has 0 aliphatic carbocycles. The van der Waals surface area contributed by atoms with Gasteiger partial charge in [-0.15, -0.1) is 0 Å². The molecule has 42 heavy (non-hydrogen) atoms. The molecule has 0 radical (unpaired) electrons. The molecular weight excluding hydrogens is 562 g/mol. The van der Waals surface area contributed by atoms with E-state index in [0.717, 1.165) is 40.8 Å². The first-order chi connectivity index (χ1) is 20.3. The van der Waals surface area contributed by atoms with Crippen LogP contribution in [0.1, 0.15) is 48.4 Å². The molecule has 0 saturated carbocycles. The SMILES string of the molecule is COC(=O)Cc1ccc2c(c1)NC(=O)CCCCC(c1ccc(-c3cc(Cl)ccc3OC(F)F)cn1)c1cccc-2c1. The Morgan fingerprint density at radius 1 is 1.02 bits per heavy atom. The summed E-state index contributed by atoms with van der Waals surface area (Å²) in [6.45, 7) is -2.97. The van der Waals surface area contributed by atoms with Crippen molar-refractivity contribution >= 4 is 29.2 Å². The lowest BCUT2D eigenvalue weighted by Crippen LogP contribution is -2.14. The number of fused-ring (bicyclic) bond motifs is 4. The summed E-state index contributed by atoms with van der Waals surface area (Å²) in [5.41, 5.74) is 6.06. The van der Waals surface area contributed by atoms with Crippen molar-refractivity contribution in [2.24, 2.45) is 0 Å². The fourth-order valence-corrected chi connectivity index (χ4v) is 5.42. The second-order valence-electron chi connectivity index (χ2n) is 10.1. The largest absolute Gasteiger partial charge is 0.469 e. The predicted molar refractivity (Wildman–Crippen MR) is 158 cm³/mol. The van der Waals surface area contributed by atoms with Gasteiger partial charge in [-0.3, -0.25) is 14.6 Å². The Morgan fingerprint density at radius 2 is 1.88 bits per heavy atom. The second kappa shape index (κ2) is 13.1. The molecule has 6 nitrogen and oxygen atoms in total. The van der Waals surface area contributed by atoms with Crippen molar-refractivity contribution < 1.29 is 27.8 Å². The van der Waals surface area contributed by atoms with E-state index in [-0.39, 0.29) is 30.0 Å². The Morgan fingerprint density at radius 3 is 2.64 bits per heavy atom. The molecule has 1 atom stereocenters. The van der Waals surface area contributed by atoms with E-state index in [4.69, 9.17) is 26.1 Å². The van der Waals surface area contributed by atoms with E-state index in [9.17, 15) is 18.4 Å². The number of amides is 1. The quantitative estimate of drug-likeness (QED) is 0.230. The van der Waals surface area contributed by atoms with Gasteiger partial charge in [-0.25, -0.2) is 0 Å². The fourth-order valence-electron chi connectivity index (χ4n) is 5.25. The van der Waals surface area contributed by atoms with Crippen molar-refractivity contribution in [2.75, 3.05) is 12.4 Å². The van der Waals surface area contributed by atoms with Crippen LogP contribution in [0.5, 0.6) is 5.75 Å². The second-order valence-corrected chi connectivity index (χ2v) is 10.5. The molecule has 1 amide bonds. The van der Waals surface area contributed by atoms with Crippen LogP contribution in [0, 0.1) is 0 Å². The van der Waals surface area contributed by atoms with E-state index in [0.29, 0.717) is 34.7 Å². The number of pyridine rings is 1. The molecular formula is C33H29ClF2N2O4. The van der Waals surface area contributed by atoms with E-state index < -0.39 is 6.61 Å². The van der Waals surface area contributed by atoms with Crippen LogP contribution in [-0.2, 0) is 20.7 Å². The molecule has 0 spiro atoms. The topological polar surface area (TPSA) is 77.5 Å². The third kappa shape index (κ3) is 6.94. The Bertz CT molecular complexity index is 1590. The number of alkyl halides is 2. The number of benzene rings is 3. The number of aromatic nitrogens is 1. The molecule has 5 rings (SSSR count). The van der Waals surface area contributed by atoms with E-state index in [1.807, 2.05) is 42.5 Å². The Hall–Kier alpha value is -4.30. The van der Waals surface area contributed by atoms with Gasteiger partial charge >= 0.3 is 12.6 Å². The van der Waals surface area contributed by atoms with Gasteiger partial charge in [0.1, 0.15) is 5.75 Å². The average molecular weight is 591 g/mol. The number of halogens is 3. The summed E-state index contributed by atoms with van der Waals surface area (Å²) in [7, 11) is 1.35. The first kappa shape index (κ1) is 29.2. The third-order valence-electron chi connectivity index (χ3n) is 7.29. The van der Waals surface area contributed by atoms with Gasteiger partial charge in [0.05, 0.1) is 13.5 Å². The van der Waals surface area contributed by atoms with Crippen LogP contribution in [0.4, 0.5) is 14.5 Å². The molecule has 0 saturated heterocycles. The highest BCUT2D eigenvalue weighted by Gasteiger charge is 2.20. The van der Waals surface area contributed by atoms with Gasteiger partial charge in [0.2, 0.25) is 5.91 Å². The Kier molecular flexibility index (Phi) is 9.12. The highest BCUT2D eigenvalue weighted by atomic mass is 35.5. The van der Waals surface area contributed by atoms with Gasteiger partial charge in [-0.05, 0) is 59.9 Å². The van der Waals surface area contributed by atoms with Gasteiger partial charge in [0, 0.05) is 51.6 Å². The van der Waals surface area contributed by atoms with Crippen LogP contribution >= 0.6 is 11.6 Å². The monoisotopic (exact) mass is 590 g/mol. The number of rotatable bonds is 6. The zero-order valence-electron chi connectivity index (χ0n) is 22.9. The highest BCUT2D eigenvalue weighted by molar-refractivity contribution is 6.31. The van der Waals surface area contributed by atoms with Crippen molar-refractivity contribution in [1.29, 1.82) is 0 Å². The van der Waals surface area contributed by atoms with E-state index in [1.54, 1.807) is 12.3 Å². The van der Waals surface area contributed by atoms with Gasteiger partial charge < -0.3 is 14.8 Å². The van der Waals surface area contributed by atoms with Crippen molar-refractivity contribution in [3.8, 4) is 28.0 Å². The van der Waals surface area contributed by atoms with Crippen LogP contribution in [0.25, 0.3) is 22.3 Å². The minimum Gasteiger partial charge on any atom is -0.469 e. The molecule has 2 heterocycles. The van der Waals surface area contributed by atoms with E-state index in [1.165, 1.54) is 19.2 Å². The molecule has 2 bridgehead atoms. The van der Waals surface area contributed by atoms with Gasteiger partial charge in [0.25, 0.3) is 0 Å². The summed E-state index contributed by atoms with van der Waals surface area (Å²) in [5.74, 6) is -0.481. The molecule has 1 unspecified atom stereocenters. The van der Waals surface area contributed by atoms with Gasteiger partial charge in [-0.2, -0.15) is 8.78 Å². The molecule has 216 valence electrons. The highest BCUT2D eigenvalue weighted by Crippen LogP contribution is 2.37. The minimum atomic E-state index is -2.97. The first-order valence-corrected chi connectivity index (χ1v) is 14.0. The number of hydrogen-bond donors (Lipinski definition) is 1. The van der Waals surface area contributed by atoms with Crippen molar-refractivity contribution in [3.05, 3.63) is 101 Å². The molecule has 1 aromatic heterocycles. The van der Waals surface area contributed by atoms with E-state index in [2.05, 4.69) is 17.4 Å². The number of carbonyl (C=O) groups excluding carboxylic acids is 2. The average Bonchev–Trinajstić information content (AvgIpc) is 2.98. The summed E-state index contributed by atoms with van der Waals surface area (Å²) in [6, 6.07) is 21.9. The molecule has 1 aliphatic heterocycles. The van der Waals surface area contributed by atoms with Crippen LogP contribution in [-0.4, -0.2) is 30.6 Å². The number of nitrogens with zero attached hydrogens (tertiary/aromatic N) is 1. The Balaban J connectivity index is 1.51. The third-order valence-corrected chi connectivity index (χ3v) is 7.53. The Labute approximate surface area is 247 Å². The van der Waals surface area contributed by atoms with Gasteiger partial charge in [0.15, 0.2) is 0 Å². The van der Waals surface area contributed by atoms with Crippen LogP contribution < -0.4 is 10.1 Å². The maximum absolute atomic E-state index is 13.0. The smallest absolute Gasteiger partial charge is 0.387 e. The van der Waals surface area contributed by atoms with Crippen LogP contribution in [0.2, 0.25) is 5.02 Å². The number of esters is 1. The number of carbonyl (C=O) groups is 2. The first-order valence-electron chi connectivity index (χ1n) is 13.6. The number of anilines is 1. The molecule has 3 aromatic carbocycles. The predicted octanol–water partition coefficient (Wildman–Crippen LogP) is 8.03. The molecule has 1 aliphatic rings. The van der Waals surface area contributed by atoms with Crippen molar-refractivity contribution in [1.82, 2.24) is 4.98 Å². The van der Waals surface area contributed by atoms with Gasteiger partial charge in [-0.1, -0.05) is 60.5 Å².